The van der Waals surface area contributed by atoms with Crippen LogP contribution in [0.25, 0.3) is 49.7 Å². The van der Waals surface area contributed by atoms with E-state index in [9.17, 15) is 0 Å². The summed E-state index contributed by atoms with van der Waals surface area (Å²) in [6, 6.07) is 55.4. The van der Waals surface area contributed by atoms with E-state index in [4.69, 9.17) is 8.83 Å². The summed E-state index contributed by atoms with van der Waals surface area (Å²) in [6.07, 6.45) is 0. The van der Waals surface area contributed by atoms with Gasteiger partial charge in [-0.15, -0.1) is 0 Å². The van der Waals surface area contributed by atoms with Crippen LogP contribution in [-0.4, -0.2) is 16.1 Å². The van der Waals surface area contributed by atoms with Crippen molar-refractivity contribution in [1.82, 2.24) is 9.27 Å². The Balaban J connectivity index is 1.13. The minimum Gasteiger partial charge on any atom is -0.466 e. The van der Waals surface area contributed by atoms with Gasteiger partial charge in [-0.1, -0.05) is 115 Å². The van der Waals surface area contributed by atoms with Gasteiger partial charge in [0.25, 0.3) is 5.56 Å². The van der Waals surface area contributed by atoms with Crippen LogP contribution in [0.5, 0.6) is 0 Å². The molecule has 0 spiro atoms. The zero-order valence-corrected chi connectivity index (χ0v) is 29.8. The lowest BCUT2D eigenvalue weighted by atomic mass is 9.50. The molecule has 3 aromatic heterocycles. The van der Waals surface area contributed by atoms with E-state index in [-0.39, 0.29) is 24.2 Å². The van der Waals surface area contributed by atoms with E-state index in [1.165, 1.54) is 22.3 Å². The largest absolute Gasteiger partial charge is 0.466 e. The van der Waals surface area contributed by atoms with Crippen LogP contribution >= 0.6 is 0 Å². The maximum atomic E-state index is 15.3. The summed E-state index contributed by atoms with van der Waals surface area (Å²) in [5, 5.41) is 3.09. The second kappa shape index (κ2) is 10.1. The highest BCUT2D eigenvalue weighted by molar-refractivity contribution is 6.88. The number of hydrogen-bond acceptors (Lipinski definition) is 4. The first-order chi connectivity index (χ1) is 27.8. The molecular formula is C49H28BN3O3. The Morgan fingerprint density at radius 1 is 0.518 bits per heavy atom. The van der Waals surface area contributed by atoms with E-state index < -0.39 is 0 Å². The lowest BCUT2D eigenvalue weighted by Crippen LogP contribution is -2.53. The van der Waals surface area contributed by atoms with E-state index in [0.717, 1.165) is 89.2 Å². The molecule has 5 aliphatic rings. The van der Waals surface area contributed by atoms with Crippen molar-refractivity contribution in [3.63, 3.8) is 0 Å². The van der Waals surface area contributed by atoms with E-state index in [2.05, 4.69) is 149 Å². The Kier molecular flexibility index (Phi) is 5.25. The molecule has 0 saturated heterocycles. The van der Waals surface area contributed by atoms with Crippen LogP contribution in [0.1, 0.15) is 45.3 Å². The molecule has 7 heteroatoms. The normalized spacial score (nSPS) is 16.6. The first-order valence-electron chi connectivity index (χ1n) is 19.3. The van der Waals surface area contributed by atoms with Gasteiger partial charge in [0.2, 0.25) is 0 Å². The summed E-state index contributed by atoms with van der Waals surface area (Å²) in [4.78, 5) is 17.7. The molecule has 0 amide bonds. The summed E-state index contributed by atoms with van der Waals surface area (Å²) in [7, 11) is 0. The number of anilines is 3. The van der Waals surface area contributed by atoms with Crippen LogP contribution in [0, 0.1) is 0 Å². The predicted molar refractivity (Wildman–Crippen MR) is 222 cm³/mol. The van der Waals surface area contributed by atoms with Gasteiger partial charge in [0, 0.05) is 39.1 Å². The lowest BCUT2D eigenvalue weighted by Gasteiger charge is -2.41. The summed E-state index contributed by atoms with van der Waals surface area (Å²) in [5.74, 6) is -0.224. The number of fused-ring (bicyclic) bond motifs is 10. The van der Waals surface area contributed by atoms with Crippen molar-refractivity contribution in [1.29, 1.82) is 0 Å². The summed E-state index contributed by atoms with van der Waals surface area (Å²) in [6.45, 7) is -0.365. The summed E-state index contributed by atoms with van der Waals surface area (Å²) >= 11 is 0. The Bertz CT molecular complexity index is 3390. The Morgan fingerprint density at radius 2 is 1.14 bits per heavy atom. The average Bonchev–Trinajstić information content (AvgIpc) is 4.00. The molecule has 0 saturated carbocycles. The fourth-order valence-electron chi connectivity index (χ4n) is 10.9. The lowest BCUT2D eigenvalue weighted by molar-refractivity contribution is 0.642. The van der Waals surface area contributed by atoms with Gasteiger partial charge in [-0.2, -0.15) is 0 Å². The molecule has 6 nitrogen and oxygen atoms in total. The number of rotatable bonds is 2. The molecule has 0 unspecified atom stereocenters. The molecule has 56 heavy (non-hydrogen) atoms. The van der Waals surface area contributed by atoms with Crippen molar-refractivity contribution < 1.29 is 8.83 Å². The first kappa shape index (κ1) is 29.2. The van der Waals surface area contributed by atoms with Crippen LogP contribution in [0.15, 0.2) is 171 Å². The number of para-hydroxylation sites is 2. The van der Waals surface area contributed by atoms with Crippen LogP contribution in [0.3, 0.4) is 0 Å². The second-order valence-corrected chi connectivity index (χ2v) is 15.4. The SMILES string of the molecule is O=c1c2c(n3n1-c1cccc4c1B3c1oc3ccccc3c1N4c1c(-c3ccccc3)ccc3oc4ccccc4c13)C1c3ccccc3C2c2ccccc21. The van der Waals surface area contributed by atoms with E-state index in [1.54, 1.807) is 0 Å². The van der Waals surface area contributed by atoms with Gasteiger partial charge in [0.05, 0.1) is 33.9 Å². The number of hydrogen-bond donors (Lipinski definition) is 0. The predicted octanol–water partition coefficient (Wildman–Crippen LogP) is 9.69. The van der Waals surface area contributed by atoms with E-state index in [0.29, 0.717) is 0 Å². The van der Waals surface area contributed by atoms with Gasteiger partial charge >= 0.3 is 6.85 Å². The highest BCUT2D eigenvalue weighted by atomic mass is 16.3. The smallest absolute Gasteiger partial charge is 0.394 e. The minimum absolute atomic E-state index is 0.0407. The number of aromatic nitrogens is 2. The van der Waals surface area contributed by atoms with E-state index >= 15 is 4.79 Å². The van der Waals surface area contributed by atoms with Gasteiger partial charge in [-0.3, -0.25) is 4.79 Å². The van der Waals surface area contributed by atoms with Crippen molar-refractivity contribution in [2.75, 3.05) is 4.90 Å². The minimum atomic E-state index is -0.365. The zero-order chi connectivity index (χ0) is 36.4. The molecule has 260 valence electrons. The van der Waals surface area contributed by atoms with Gasteiger partial charge in [-0.05, 0) is 70.3 Å². The summed E-state index contributed by atoms with van der Waals surface area (Å²) in [5.41, 5.74) is 17.4. The fourth-order valence-corrected chi connectivity index (χ4v) is 10.9. The maximum absolute atomic E-state index is 15.3. The standard InChI is InChI=1S/C49H28BN3O3/c54-49-43-40-29-15-4-6-17-31(29)41(32-18-7-5-16-30(32)40)47(43)53-50-44-35(21-12-22-36(44)52(49)53)51(46-34-20-9-11-24-38(34)56-48(46)50)45-28(27-13-2-1-3-14-27)25-26-39-42(45)33-19-8-10-23-37(33)55-39/h1-26,40-41H. The van der Waals surface area contributed by atoms with Crippen LogP contribution in [0.2, 0.25) is 0 Å². The molecule has 0 radical (unpaired) electrons. The highest BCUT2D eigenvalue weighted by Crippen LogP contribution is 2.57. The van der Waals surface area contributed by atoms with Crippen molar-refractivity contribution in [3.8, 4) is 16.8 Å². The Labute approximate surface area is 320 Å². The van der Waals surface area contributed by atoms with Crippen LogP contribution in [-0.2, 0) is 0 Å². The molecular weight excluding hydrogens is 689 g/mol. The third kappa shape index (κ3) is 3.32. The third-order valence-corrected chi connectivity index (χ3v) is 12.9. The van der Waals surface area contributed by atoms with Crippen molar-refractivity contribution >= 4 is 67.9 Å². The average molecular weight is 718 g/mol. The van der Waals surface area contributed by atoms with Gasteiger partial charge < -0.3 is 18.3 Å². The van der Waals surface area contributed by atoms with Gasteiger partial charge in [0.15, 0.2) is 0 Å². The molecule has 5 heterocycles. The molecule has 10 aromatic rings. The van der Waals surface area contributed by atoms with Crippen LogP contribution < -0.4 is 21.6 Å². The van der Waals surface area contributed by atoms with Crippen LogP contribution in [0.4, 0.5) is 17.1 Å². The highest BCUT2D eigenvalue weighted by Gasteiger charge is 2.54. The summed E-state index contributed by atoms with van der Waals surface area (Å²) < 4.78 is 18.0. The Hall–Kier alpha value is -7.25. The maximum Gasteiger partial charge on any atom is 0.394 e. The monoisotopic (exact) mass is 717 g/mol. The number of benzene rings is 7. The molecule has 0 atom stereocenters. The molecule has 0 fully saturated rings. The second-order valence-electron chi connectivity index (χ2n) is 15.4. The number of nitrogens with zero attached hydrogens (tertiary/aromatic N) is 3. The third-order valence-electron chi connectivity index (χ3n) is 12.9. The van der Waals surface area contributed by atoms with Crippen molar-refractivity contribution in [2.24, 2.45) is 0 Å². The number of furan rings is 2. The Morgan fingerprint density at radius 3 is 1.89 bits per heavy atom. The van der Waals surface area contributed by atoms with E-state index in [1.807, 2.05) is 22.9 Å². The zero-order valence-electron chi connectivity index (χ0n) is 29.8. The van der Waals surface area contributed by atoms with Gasteiger partial charge in [-0.25, -0.2) is 4.68 Å². The van der Waals surface area contributed by atoms with Gasteiger partial charge in [0.1, 0.15) is 22.4 Å². The molecule has 0 N–H and O–H groups in total. The quantitative estimate of drug-likeness (QED) is 0.167. The molecule has 3 aliphatic carbocycles. The topological polar surface area (TPSA) is 56.5 Å². The van der Waals surface area contributed by atoms with Crippen molar-refractivity contribution in [3.05, 3.63) is 202 Å². The molecule has 7 aromatic carbocycles. The molecule has 2 bridgehead atoms. The van der Waals surface area contributed by atoms with Crippen molar-refractivity contribution in [2.45, 2.75) is 11.8 Å². The fraction of sp³-hybridized carbons (Fsp3) is 0.0408. The first-order valence-corrected chi connectivity index (χ1v) is 19.3. The molecule has 15 rings (SSSR count). The molecule has 2 aliphatic heterocycles.